The van der Waals surface area contributed by atoms with E-state index in [4.69, 9.17) is 23.8 Å². The second-order valence-electron chi connectivity index (χ2n) is 4.67. The van der Waals surface area contributed by atoms with Crippen LogP contribution in [0.1, 0.15) is 11.1 Å². The molecule has 1 amide bonds. The Morgan fingerprint density at radius 1 is 1.18 bits per heavy atom. The largest absolute Gasteiger partial charge is 0.288 e. The van der Waals surface area contributed by atoms with Gasteiger partial charge in [0.25, 0.3) is 5.91 Å². The summed E-state index contributed by atoms with van der Waals surface area (Å²) >= 11 is 12.5. The molecule has 1 aromatic carbocycles. The molecule has 22 heavy (non-hydrogen) atoms. The highest BCUT2D eigenvalue weighted by Gasteiger charge is 2.31. The summed E-state index contributed by atoms with van der Waals surface area (Å²) in [4.78, 5) is 18.7. The lowest BCUT2D eigenvalue weighted by atomic mass is 10.2. The van der Waals surface area contributed by atoms with E-state index in [-0.39, 0.29) is 5.91 Å². The van der Waals surface area contributed by atoms with E-state index in [1.54, 1.807) is 29.4 Å². The van der Waals surface area contributed by atoms with Crippen LogP contribution >= 0.6 is 35.6 Å². The molecule has 0 unspecified atom stereocenters. The molecule has 0 radical (unpaired) electrons. The number of hydrogen-bond donors (Lipinski definition) is 0. The number of thiocarbonyl (C=S) groups is 1. The molecular weight excluding hydrogens is 336 g/mol. The number of thioether (sulfide) groups is 1. The number of rotatable bonds is 3. The van der Waals surface area contributed by atoms with E-state index in [0.29, 0.717) is 20.8 Å². The molecule has 0 spiro atoms. The van der Waals surface area contributed by atoms with Crippen molar-refractivity contribution in [1.29, 1.82) is 0 Å². The smallest absolute Gasteiger partial charge is 0.266 e. The predicted molar refractivity (Wildman–Crippen MR) is 94.4 cm³/mol. The summed E-state index contributed by atoms with van der Waals surface area (Å²) < 4.78 is 0.571. The van der Waals surface area contributed by atoms with Crippen molar-refractivity contribution >= 4 is 51.9 Å². The van der Waals surface area contributed by atoms with Gasteiger partial charge in [-0.2, -0.15) is 0 Å². The third-order valence-electron chi connectivity index (χ3n) is 3.13. The molecule has 2 heterocycles. The molecule has 1 saturated heterocycles. The lowest BCUT2D eigenvalue weighted by Gasteiger charge is -2.14. The topological polar surface area (TPSA) is 33.2 Å². The second kappa shape index (κ2) is 6.60. The lowest BCUT2D eigenvalue weighted by molar-refractivity contribution is -0.122. The van der Waals surface area contributed by atoms with Gasteiger partial charge in [0, 0.05) is 17.4 Å². The summed E-state index contributed by atoms with van der Waals surface area (Å²) in [5, 5.41) is 0.669. The first-order valence-corrected chi connectivity index (χ1v) is 8.13. The molecule has 1 aliphatic rings. The van der Waals surface area contributed by atoms with E-state index in [1.165, 1.54) is 11.8 Å². The summed E-state index contributed by atoms with van der Waals surface area (Å²) in [7, 11) is 0. The van der Waals surface area contributed by atoms with Gasteiger partial charge in [0.2, 0.25) is 0 Å². The summed E-state index contributed by atoms with van der Waals surface area (Å²) in [6.07, 6.45) is 5.25. The number of carbonyl (C=O) groups excluding carboxylic acids is 1. The molecule has 0 N–H and O–H groups in total. The number of aromatic nitrogens is 1. The highest BCUT2D eigenvalue weighted by Crippen LogP contribution is 2.33. The Kier molecular flexibility index (Phi) is 4.57. The van der Waals surface area contributed by atoms with Crippen molar-refractivity contribution < 1.29 is 4.79 Å². The monoisotopic (exact) mass is 346 g/mol. The first kappa shape index (κ1) is 15.2. The van der Waals surface area contributed by atoms with Gasteiger partial charge >= 0.3 is 0 Å². The van der Waals surface area contributed by atoms with Gasteiger partial charge in [0.1, 0.15) is 4.32 Å². The molecule has 0 bridgehead atoms. The maximum Gasteiger partial charge on any atom is 0.266 e. The number of carbonyl (C=O) groups is 1. The Balaban J connectivity index is 1.80. The van der Waals surface area contributed by atoms with E-state index in [1.807, 2.05) is 30.3 Å². The summed E-state index contributed by atoms with van der Waals surface area (Å²) in [6, 6.07) is 11.1. The van der Waals surface area contributed by atoms with Crippen LogP contribution in [0.15, 0.2) is 53.7 Å². The van der Waals surface area contributed by atoms with Crippen LogP contribution in [0.2, 0.25) is 5.02 Å². The Morgan fingerprint density at radius 3 is 2.55 bits per heavy atom. The maximum atomic E-state index is 12.5. The fourth-order valence-corrected chi connectivity index (χ4v) is 3.40. The normalized spacial score (nSPS) is 16.6. The first-order chi connectivity index (χ1) is 10.6. The Hall–Kier alpha value is -1.69. The van der Waals surface area contributed by atoms with E-state index in [2.05, 4.69) is 4.98 Å². The van der Waals surface area contributed by atoms with Gasteiger partial charge in [-0.15, -0.1) is 0 Å². The highest BCUT2D eigenvalue weighted by molar-refractivity contribution is 8.26. The van der Waals surface area contributed by atoms with Gasteiger partial charge in [-0.3, -0.25) is 14.7 Å². The highest BCUT2D eigenvalue weighted by atomic mass is 35.5. The minimum atomic E-state index is -0.0678. The Bertz CT molecular complexity index is 745. The van der Waals surface area contributed by atoms with Gasteiger partial charge < -0.3 is 0 Å². The average Bonchev–Trinajstić information content (AvgIpc) is 2.78. The number of benzene rings is 1. The van der Waals surface area contributed by atoms with Crippen molar-refractivity contribution in [1.82, 2.24) is 9.88 Å². The third-order valence-corrected chi connectivity index (χ3v) is 4.76. The van der Waals surface area contributed by atoms with Crippen LogP contribution in [-0.2, 0) is 11.3 Å². The maximum absolute atomic E-state index is 12.5. The summed E-state index contributed by atoms with van der Waals surface area (Å²) in [5.41, 5.74) is 1.92. The average molecular weight is 347 g/mol. The SMILES string of the molecule is O=C1/C(=C/c2ccc(Cl)cc2)SC(=S)N1Cc1ccncc1. The molecule has 6 heteroatoms. The van der Waals surface area contributed by atoms with Crippen molar-refractivity contribution in [3.63, 3.8) is 0 Å². The molecule has 1 fully saturated rings. The molecule has 0 saturated carbocycles. The zero-order chi connectivity index (χ0) is 15.5. The number of pyridine rings is 1. The van der Waals surface area contributed by atoms with Crippen LogP contribution in [-0.4, -0.2) is 20.1 Å². The van der Waals surface area contributed by atoms with Crippen LogP contribution in [0.3, 0.4) is 0 Å². The van der Waals surface area contributed by atoms with E-state index in [9.17, 15) is 4.79 Å². The van der Waals surface area contributed by atoms with Gasteiger partial charge in [-0.05, 0) is 41.5 Å². The van der Waals surface area contributed by atoms with Gasteiger partial charge in [0.15, 0.2) is 0 Å². The molecule has 0 aliphatic carbocycles. The number of amides is 1. The second-order valence-corrected chi connectivity index (χ2v) is 6.79. The first-order valence-electron chi connectivity index (χ1n) is 6.53. The van der Waals surface area contributed by atoms with Crippen LogP contribution < -0.4 is 0 Å². The zero-order valence-electron chi connectivity index (χ0n) is 11.4. The van der Waals surface area contributed by atoms with Crippen molar-refractivity contribution in [2.45, 2.75) is 6.54 Å². The van der Waals surface area contributed by atoms with Crippen LogP contribution in [0.5, 0.6) is 0 Å². The van der Waals surface area contributed by atoms with E-state index in [0.717, 1.165) is 11.1 Å². The molecule has 2 aromatic rings. The molecule has 3 nitrogen and oxygen atoms in total. The van der Waals surface area contributed by atoms with Gasteiger partial charge in [-0.25, -0.2) is 0 Å². The zero-order valence-corrected chi connectivity index (χ0v) is 13.8. The molecule has 110 valence electrons. The van der Waals surface area contributed by atoms with Crippen molar-refractivity contribution in [2.75, 3.05) is 0 Å². The molecule has 1 aromatic heterocycles. The van der Waals surface area contributed by atoms with Crippen LogP contribution in [0, 0.1) is 0 Å². The molecular formula is C16H11ClN2OS2. The Morgan fingerprint density at radius 2 is 1.86 bits per heavy atom. The van der Waals surface area contributed by atoms with Crippen molar-refractivity contribution in [3.05, 3.63) is 69.8 Å². The lowest BCUT2D eigenvalue weighted by Crippen LogP contribution is -2.27. The fourth-order valence-electron chi connectivity index (χ4n) is 2.02. The molecule has 3 rings (SSSR count). The van der Waals surface area contributed by atoms with Crippen LogP contribution in [0.4, 0.5) is 0 Å². The van der Waals surface area contributed by atoms with Crippen LogP contribution in [0.25, 0.3) is 6.08 Å². The minimum absolute atomic E-state index is 0.0678. The Labute approximate surface area is 143 Å². The van der Waals surface area contributed by atoms with Crippen molar-refractivity contribution in [2.24, 2.45) is 0 Å². The van der Waals surface area contributed by atoms with Crippen molar-refractivity contribution in [3.8, 4) is 0 Å². The van der Waals surface area contributed by atoms with Gasteiger partial charge in [-0.1, -0.05) is 47.7 Å². The number of nitrogens with zero attached hydrogens (tertiary/aromatic N) is 2. The van der Waals surface area contributed by atoms with E-state index < -0.39 is 0 Å². The predicted octanol–water partition coefficient (Wildman–Crippen LogP) is 4.14. The summed E-state index contributed by atoms with van der Waals surface area (Å²) in [6.45, 7) is 0.463. The van der Waals surface area contributed by atoms with Gasteiger partial charge in [0.05, 0.1) is 11.4 Å². The fraction of sp³-hybridized carbons (Fsp3) is 0.0625. The minimum Gasteiger partial charge on any atom is -0.288 e. The van der Waals surface area contributed by atoms with E-state index >= 15 is 0 Å². The number of hydrogen-bond acceptors (Lipinski definition) is 4. The molecule has 0 atom stereocenters. The standard InChI is InChI=1S/C16H11ClN2OS2/c17-13-3-1-11(2-4-13)9-14-15(20)19(16(21)22-14)10-12-5-7-18-8-6-12/h1-9H,10H2/b14-9-. The third kappa shape index (κ3) is 3.38. The molecule has 1 aliphatic heterocycles. The summed E-state index contributed by atoms with van der Waals surface area (Å²) in [5.74, 6) is -0.0678. The quantitative estimate of drug-likeness (QED) is 0.618. The number of halogens is 1.